The number of benzene rings is 1. The molecule has 3 heterocycles. The van der Waals surface area contributed by atoms with Crippen molar-refractivity contribution in [3.8, 4) is 11.5 Å². The van der Waals surface area contributed by atoms with Crippen LogP contribution >= 0.6 is 11.3 Å². The quantitative estimate of drug-likeness (QED) is 0.853. The van der Waals surface area contributed by atoms with Crippen LogP contribution in [-0.2, 0) is 6.54 Å². The van der Waals surface area contributed by atoms with Crippen molar-refractivity contribution >= 4 is 17.2 Å². The molecule has 6 nitrogen and oxygen atoms in total. The van der Waals surface area contributed by atoms with Gasteiger partial charge in [0.05, 0.1) is 5.51 Å². The number of aryl methyl sites for hydroxylation is 1. The van der Waals surface area contributed by atoms with Crippen LogP contribution in [0.1, 0.15) is 20.9 Å². The molecule has 2 aromatic rings. The Morgan fingerprint density at radius 3 is 2.75 bits per heavy atom. The standard InChI is InChI=1S/C17H19N3O3S/c1-12-16(18-10-24-12)17(21)20-6-4-19(5-7-20)9-13-2-3-14-15(8-13)23-11-22-14/h2-3,8,10H,4-7,9,11H2,1H3. The number of aromatic nitrogens is 1. The molecule has 0 aliphatic carbocycles. The highest BCUT2D eigenvalue weighted by Gasteiger charge is 2.25. The van der Waals surface area contributed by atoms with Gasteiger partial charge in [0, 0.05) is 37.6 Å². The Labute approximate surface area is 144 Å². The normalized spacial score (nSPS) is 17.3. The Kier molecular flexibility index (Phi) is 4.12. The first-order chi connectivity index (χ1) is 11.7. The second kappa shape index (κ2) is 6.41. The molecule has 7 heteroatoms. The zero-order valence-electron chi connectivity index (χ0n) is 13.5. The average Bonchev–Trinajstić information content (AvgIpc) is 3.23. The second-order valence-electron chi connectivity index (χ2n) is 6.01. The summed E-state index contributed by atoms with van der Waals surface area (Å²) in [6, 6.07) is 6.07. The van der Waals surface area contributed by atoms with Crippen LogP contribution in [0.15, 0.2) is 23.7 Å². The summed E-state index contributed by atoms with van der Waals surface area (Å²) in [5.41, 5.74) is 3.54. The Morgan fingerprint density at radius 2 is 2.00 bits per heavy atom. The lowest BCUT2D eigenvalue weighted by Crippen LogP contribution is -2.48. The summed E-state index contributed by atoms with van der Waals surface area (Å²) in [4.78, 5) is 21.9. The number of hydrogen-bond donors (Lipinski definition) is 0. The van der Waals surface area contributed by atoms with Crippen LogP contribution in [-0.4, -0.2) is 53.7 Å². The average molecular weight is 345 g/mol. The Morgan fingerprint density at radius 1 is 1.21 bits per heavy atom. The second-order valence-corrected chi connectivity index (χ2v) is 7.07. The molecule has 24 heavy (non-hydrogen) atoms. The monoisotopic (exact) mass is 345 g/mol. The summed E-state index contributed by atoms with van der Waals surface area (Å²) in [6.07, 6.45) is 0. The minimum atomic E-state index is 0.0523. The van der Waals surface area contributed by atoms with E-state index in [0.717, 1.165) is 49.1 Å². The van der Waals surface area contributed by atoms with Crippen molar-refractivity contribution in [1.29, 1.82) is 0 Å². The smallest absolute Gasteiger partial charge is 0.273 e. The molecule has 2 aliphatic rings. The number of fused-ring (bicyclic) bond motifs is 1. The van der Waals surface area contributed by atoms with Gasteiger partial charge in [-0.05, 0) is 24.6 Å². The Balaban J connectivity index is 1.35. The molecule has 0 unspecified atom stereocenters. The molecule has 2 aliphatic heterocycles. The molecule has 0 spiro atoms. The first-order valence-corrected chi connectivity index (χ1v) is 8.89. The SMILES string of the molecule is Cc1scnc1C(=O)N1CCN(Cc2ccc3c(c2)OCO3)CC1. The molecular weight excluding hydrogens is 326 g/mol. The molecule has 1 amide bonds. The molecule has 0 N–H and O–H groups in total. The van der Waals surface area contributed by atoms with Gasteiger partial charge in [0.2, 0.25) is 6.79 Å². The third-order valence-corrected chi connectivity index (χ3v) is 5.21. The molecule has 0 radical (unpaired) electrons. The zero-order valence-corrected chi connectivity index (χ0v) is 14.3. The van der Waals surface area contributed by atoms with E-state index >= 15 is 0 Å². The molecule has 1 fully saturated rings. The maximum absolute atomic E-state index is 12.5. The van der Waals surface area contributed by atoms with Crippen LogP contribution in [0.3, 0.4) is 0 Å². The van der Waals surface area contributed by atoms with E-state index in [1.165, 1.54) is 16.9 Å². The topological polar surface area (TPSA) is 54.9 Å². The third kappa shape index (κ3) is 2.97. The van der Waals surface area contributed by atoms with Gasteiger partial charge in [0.15, 0.2) is 11.5 Å². The largest absolute Gasteiger partial charge is 0.454 e. The van der Waals surface area contributed by atoms with Crippen molar-refractivity contribution in [2.45, 2.75) is 13.5 Å². The van der Waals surface area contributed by atoms with Gasteiger partial charge in [-0.1, -0.05) is 6.07 Å². The van der Waals surface area contributed by atoms with Gasteiger partial charge in [0.1, 0.15) is 5.69 Å². The van der Waals surface area contributed by atoms with Gasteiger partial charge in [-0.3, -0.25) is 9.69 Å². The number of nitrogens with zero attached hydrogens (tertiary/aromatic N) is 3. The summed E-state index contributed by atoms with van der Waals surface area (Å²) in [7, 11) is 0. The van der Waals surface area contributed by atoms with Crippen LogP contribution < -0.4 is 9.47 Å². The number of carbonyl (C=O) groups is 1. The highest BCUT2D eigenvalue weighted by atomic mass is 32.1. The maximum Gasteiger partial charge on any atom is 0.273 e. The van der Waals surface area contributed by atoms with Crippen LogP contribution in [0.5, 0.6) is 11.5 Å². The number of piperazine rings is 1. The number of amides is 1. The highest BCUT2D eigenvalue weighted by Crippen LogP contribution is 2.32. The Bertz CT molecular complexity index is 753. The highest BCUT2D eigenvalue weighted by molar-refractivity contribution is 7.09. The summed E-state index contributed by atoms with van der Waals surface area (Å²) in [5.74, 6) is 1.68. The first kappa shape index (κ1) is 15.4. The van der Waals surface area contributed by atoms with Crippen molar-refractivity contribution in [2.24, 2.45) is 0 Å². The van der Waals surface area contributed by atoms with Crippen molar-refractivity contribution in [3.63, 3.8) is 0 Å². The van der Waals surface area contributed by atoms with E-state index in [9.17, 15) is 4.79 Å². The fourth-order valence-electron chi connectivity index (χ4n) is 3.07. The molecule has 1 aromatic carbocycles. The lowest BCUT2D eigenvalue weighted by atomic mass is 10.1. The molecule has 1 aromatic heterocycles. The van der Waals surface area contributed by atoms with Gasteiger partial charge < -0.3 is 14.4 Å². The van der Waals surface area contributed by atoms with Gasteiger partial charge in [-0.2, -0.15) is 0 Å². The van der Waals surface area contributed by atoms with Crippen molar-refractivity contribution in [3.05, 3.63) is 39.8 Å². The summed E-state index contributed by atoms with van der Waals surface area (Å²) in [5, 5.41) is 0. The molecule has 126 valence electrons. The van der Waals surface area contributed by atoms with Crippen LogP contribution in [0.25, 0.3) is 0 Å². The molecular formula is C17H19N3O3S. The van der Waals surface area contributed by atoms with Crippen LogP contribution in [0.4, 0.5) is 0 Å². The minimum Gasteiger partial charge on any atom is -0.454 e. The van der Waals surface area contributed by atoms with Crippen molar-refractivity contribution < 1.29 is 14.3 Å². The van der Waals surface area contributed by atoms with E-state index in [0.29, 0.717) is 12.5 Å². The van der Waals surface area contributed by atoms with Gasteiger partial charge in [-0.15, -0.1) is 11.3 Å². The number of rotatable bonds is 3. The molecule has 4 rings (SSSR count). The van der Waals surface area contributed by atoms with E-state index in [1.807, 2.05) is 24.0 Å². The van der Waals surface area contributed by atoms with E-state index in [4.69, 9.17) is 9.47 Å². The number of hydrogen-bond acceptors (Lipinski definition) is 6. The minimum absolute atomic E-state index is 0.0523. The predicted octanol–water partition coefficient (Wildman–Crippen LogP) is 2.14. The Hall–Kier alpha value is -2.12. The number of ether oxygens (including phenoxy) is 2. The predicted molar refractivity (Wildman–Crippen MR) is 90.6 cm³/mol. The van der Waals surface area contributed by atoms with E-state index in [2.05, 4.69) is 16.0 Å². The summed E-state index contributed by atoms with van der Waals surface area (Å²) < 4.78 is 10.8. The van der Waals surface area contributed by atoms with Crippen molar-refractivity contribution in [2.75, 3.05) is 33.0 Å². The van der Waals surface area contributed by atoms with E-state index in [-0.39, 0.29) is 5.91 Å². The number of carbonyl (C=O) groups excluding carboxylic acids is 1. The van der Waals surface area contributed by atoms with Gasteiger partial charge in [0.25, 0.3) is 5.91 Å². The number of thiazole rings is 1. The van der Waals surface area contributed by atoms with Crippen LogP contribution in [0.2, 0.25) is 0 Å². The molecule has 0 atom stereocenters. The maximum atomic E-state index is 12.5. The molecule has 0 saturated carbocycles. The van der Waals surface area contributed by atoms with E-state index in [1.54, 1.807) is 5.51 Å². The van der Waals surface area contributed by atoms with Gasteiger partial charge in [-0.25, -0.2) is 4.98 Å². The summed E-state index contributed by atoms with van der Waals surface area (Å²) in [6.45, 7) is 6.30. The fraction of sp³-hybridized carbons (Fsp3) is 0.412. The summed E-state index contributed by atoms with van der Waals surface area (Å²) >= 11 is 1.52. The lowest BCUT2D eigenvalue weighted by Gasteiger charge is -2.34. The fourth-order valence-corrected chi connectivity index (χ4v) is 3.63. The van der Waals surface area contributed by atoms with Crippen molar-refractivity contribution in [1.82, 2.24) is 14.8 Å². The first-order valence-electron chi connectivity index (χ1n) is 8.01. The molecule has 0 bridgehead atoms. The lowest BCUT2D eigenvalue weighted by molar-refractivity contribution is 0.0623. The molecule has 1 saturated heterocycles. The zero-order chi connectivity index (χ0) is 16.5. The van der Waals surface area contributed by atoms with Gasteiger partial charge >= 0.3 is 0 Å². The van der Waals surface area contributed by atoms with Crippen LogP contribution in [0, 0.1) is 6.92 Å². The third-order valence-electron chi connectivity index (χ3n) is 4.45. The van der Waals surface area contributed by atoms with E-state index < -0.39 is 0 Å².